The summed E-state index contributed by atoms with van der Waals surface area (Å²) in [5.41, 5.74) is 11.6. The smallest absolute Gasteiger partial charge is 0.327 e. The minimum atomic E-state index is -1.21. The lowest BCUT2D eigenvalue weighted by Gasteiger charge is -2.30. The molecule has 31 heavy (non-hydrogen) atoms. The summed E-state index contributed by atoms with van der Waals surface area (Å²) >= 11 is 3.95. The van der Waals surface area contributed by atoms with Crippen LogP contribution in [-0.2, 0) is 19.2 Å². The molecular formula is C20H37N5O5S. The Hall–Kier alpha value is -1.85. The van der Waals surface area contributed by atoms with Gasteiger partial charge in [-0.15, -0.1) is 0 Å². The molecule has 1 fully saturated rings. The van der Waals surface area contributed by atoms with Gasteiger partial charge in [0.2, 0.25) is 17.7 Å². The van der Waals surface area contributed by atoms with Crippen molar-refractivity contribution in [1.29, 1.82) is 0 Å². The van der Waals surface area contributed by atoms with E-state index in [1.165, 1.54) is 4.90 Å². The van der Waals surface area contributed by atoms with Crippen LogP contribution < -0.4 is 22.1 Å². The predicted molar refractivity (Wildman–Crippen MR) is 120 cm³/mol. The number of nitrogens with two attached hydrogens (primary N) is 2. The maximum Gasteiger partial charge on any atom is 0.327 e. The van der Waals surface area contributed by atoms with Gasteiger partial charge in [-0.05, 0) is 44.6 Å². The number of carbonyl (C=O) groups is 4. The monoisotopic (exact) mass is 459 g/mol. The number of aliphatic carboxylic acids is 1. The topological polar surface area (TPSA) is 168 Å². The van der Waals surface area contributed by atoms with Gasteiger partial charge in [0.15, 0.2) is 0 Å². The first-order valence-corrected chi connectivity index (χ1v) is 11.5. The fourth-order valence-electron chi connectivity index (χ4n) is 3.48. The van der Waals surface area contributed by atoms with Crippen molar-refractivity contribution in [2.75, 3.05) is 18.8 Å². The highest BCUT2D eigenvalue weighted by atomic mass is 32.1. The average molecular weight is 460 g/mol. The number of amides is 3. The first-order valence-electron chi connectivity index (χ1n) is 10.9. The Morgan fingerprint density at radius 3 is 2.42 bits per heavy atom. The summed E-state index contributed by atoms with van der Waals surface area (Å²) in [5.74, 6) is -2.60. The number of nitrogens with one attached hydrogen (secondary N) is 2. The molecule has 1 heterocycles. The maximum atomic E-state index is 13.0. The molecule has 3 amide bonds. The van der Waals surface area contributed by atoms with Crippen LogP contribution in [-0.4, -0.2) is 76.7 Å². The van der Waals surface area contributed by atoms with Crippen molar-refractivity contribution in [2.45, 2.75) is 76.5 Å². The third-order valence-corrected chi connectivity index (χ3v) is 6.12. The molecule has 1 aliphatic heterocycles. The highest BCUT2D eigenvalue weighted by Gasteiger charge is 2.38. The van der Waals surface area contributed by atoms with Gasteiger partial charge in [0, 0.05) is 12.3 Å². The van der Waals surface area contributed by atoms with Crippen molar-refractivity contribution < 1.29 is 24.3 Å². The van der Waals surface area contributed by atoms with Crippen molar-refractivity contribution in [3.8, 4) is 0 Å². The minimum absolute atomic E-state index is 0.0132. The molecular weight excluding hydrogens is 422 g/mol. The van der Waals surface area contributed by atoms with E-state index in [1.807, 2.05) is 13.8 Å². The number of nitrogens with zero attached hydrogens (tertiary/aromatic N) is 1. The standard InChI is InChI=1S/C20H37N5O5S/c1-3-12(2)16(22)19(28)25-10-6-8-15(25)18(27)23-13(7-4-5-9-21)17(26)24-14(11-31)20(29)30/h12-16,31H,3-11,21-22H2,1-2H3,(H,23,27)(H,24,26)(H,29,30). The first kappa shape index (κ1) is 27.2. The SMILES string of the molecule is CCC(C)C(N)C(=O)N1CCCC1C(=O)NC(CCCCN)C(=O)NC(CS)C(=O)O. The number of carboxylic acids is 1. The van der Waals surface area contributed by atoms with E-state index in [2.05, 4.69) is 23.3 Å². The number of carboxylic acid groups (broad SMARTS) is 1. The Bertz CT molecular complexity index is 635. The Labute approximate surface area is 189 Å². The summed E-state index contributed by atoms with van der Waals surface area (Å²) < 4.78 is 0. The third-order valence-electron chi connectivity index (χ3n) is 5.76. The molecule has 10 nitrogen and oxygen atoms in total. The summed E-state index contributed by atoms with van der Waals surface area (Å²) in [6.45, 7) is 4.72. The summed E-state index contributed by atoms with van der Waals surface area (Å²) in [6, 6.07) is -3.48. The second kappa shape index (κ2) is 13.5. The van der Waals surface area contributed by atoms with Gasteiger partial charge in [-0.1, -0.05) is 20.3 Å². The predicted octanol–water partition coefficient (Wildman–Crippen LogP) is -0.536. The zero-order valence-electron chi connectivity index (χ0n) is 18.4. The lowest BCUT2D eigenvalue weighted by molar-refractivity contribution is -0.142. The zero-order chi connectivity index (χ0) is 23.6. The fraction of sp³-hybridized carbons (Fsp3) is 0.800. The molecule has 1 aliphatic rings. The van der Waals surface area contributed by atoms with Crippen molar-refractivity contribution in [2.24, 2.45) is 17.4 Å². The van der Waals surface area contributed by atoms with Gasteiger partial charge >= 0.3 is 5.97 Å². The molecule has 1 saturated heterocycles. The van der Waals surface area contributed by atoms with Crippen molar-refractivity contribution in [3.05, 3.63) is 0 Å². The first-order chi connectivity index (χ1) is 14.7. The fourth-order valence-corrected chi connectivity index (χ4v) is 3.73. The van der Waals surface area contributed by atoms with E-state index in [0.29, 0.717) is 45.2 Å². The lowest BCUT2D eigenvalue weighted by atomic mass is 9.98. The zero-order valence-corrected chi connectivity index (χ0v) is 19.3. The van der Waals surface area contributed by atoms with Crippen LogP contribution in [0.15, 0.2) is 0 Å². The van der Waals surface area contributed by atoms with Crippen LogP contribution in [0.1, 0.15) is 52.4 Å². The van der Waals surface area contributed by atoms with Crippen LogP contribution in [0, 0.1) is 5.92 Å². The number of carbonyl (C=O) groups excluding carboxylic acids is 3. The van der Waals surface area contributed by atoms with E-state index in [0.717, 1.165) is 6.42 Å². The van der Waals surface area contributed by atoms with Crippen molar-refractivity contribution in [3.63, 3.8) is 0 Å². The molecule has 0 aliphatic carbocycles. The van der Waals surface area contributed by atoms with E-state index in [4.69, 9.17) is 16.6 Å². The molecule has 0 aromatic heterocycles. The summed E-state index contributed by atoms with van der Waals surface area (Å²) in [6.07, 6.45) is 3.45. The van der Waals surface area contributed by atoms with E-state index in [-0.39, 0.29) is 17.6 Å². The highest BCUT2D eigenvalue weighted by Crippen LogP contribution is 2.21. The number of unbranched alkanes of at least 4 members (excludes halogenated alkanes) is 1. The molecule has 5 unspecified atom stereocenters. The molecule has 5 atom stereocenters. The summed E-state index contributed by atoms with van der Waals surface area (Å²) in [4.78, 5) is 51.2. The van der Waals surface area contributed by atoms with Crippen LogP contribution in [0.25, 0.3) is 0 Å². The number of thiol groups is 1. The molecule has 0 spiro atoms. The number of rotatable bonds is 13. The second-order valence-corrected chi connectivity index (χ2v) is 8.39. The van der Waals surface area contributed by atoms with Gasteiger partial charge in [-0.3, -0.25) is 14.4 Å². The molecule has 0 bridgehead atoms. The maximum absolute atomic E-state index is 13.0. The van der Waals surface area contributed by atoms with Gasteiger partial charge in [0.25, 0.3) is 0 Å². The van der Waals surface area contributed by atoms with Crippen molar-refractivity contribution in [1.82, 2.24) is 15.5 Å². The number of likely N-dealkylation sites (tertiary alicyclic amines) is 1. The minimum Gasteiger partial charge on any atom is -0.480 e. The highest BCUT2D eigenvalue weighted by molar-refractivity contribution is 7.80. The van der Waals surface area contributed by atoms with Gasteiger partial charge in [-0.25, -0.2) is 4.79 Å². The normalized spacial score (nSPS) is 19.9. The van der Waals surface area contributed by atoms with E-state index >= 15 is 0 Å². The van der Waals surface area contributed by atoms with Crippen molar-refractivity contribution >= 4 is 36.3 Å². The van der Waals surface area contributed by atoms with Gasteiger partial charge in [-0.2, -0.15) is 12.6 Å². The lowest BCUT2D eigenvalue weighted by Crippen LogP contribution is -2.57. The number of hydrogen-bond acceptors (Lipinski definition) is 7. The molecule has 7 N–H and O–H groups in total. The second-order valence-electron chi connectivity index (χ2n) is 8.03. The Morgan fingerprint density at radius 2 is 1.87 bits per heavy atom. The van der Waals surface area contributed by atoms with Crippen LogP contribution in [0.2, 0.25) is 0 Å². The largest absolute Gasteiger partial charge is 0.480 e. The van der Waals surface area contributed by atoms with E-state index < -0.39 is 42.0 Å². The van der Waals surface area contributed by atoms with Gasteiger partial charge < -0.3 is 32.1 Å². The summed E-state index contributed by atoms with van der Waals surface area (Å²) in [5, 5.41) is 14.3. The van der Waals surface area contributed by atoms with Crippen LogP contribution in [0.3, 0.4) is 0 Å². The number of hydrogen-bond donors (Lipinski definition) is 6. The quantitative estimate of drug-likeness (QED) is 0.159. The van der Waals surface area contributed by atoms with Gasteiger partial charge in [0.05, 0.1) is 6.04 Å². The molecule has 11 heteroatoms. The Balaban J connectivity index is 2.89. The Morgan fingerprint density at radius 1 is 1.19 bits per heavy atom. The summed E-state index contributed by atoms with van der Waals surface area (Å²) in [7, 11) is 0. The average Bonchev–Trinajstić information content (AvgIpc) is 3.24. The molecule has 0 saturated carbocycles. The van der Waals surface area contributed by atoms with Crippen LogP contribution in [0.5, 0.6) is 0 Å². The molecule has 0 radical (unpaired) electrons. The van der Waals surface area contributed by atoms with Crippen LogP contribution in [0.4, 0.5) is 0 Å². The van der Waals surface area contributed by atoms with Gasteiger partial charge in [0.1, 0.15) is 18.1 Å². The molecule has 0 aromatic carbocycles. The van der Waals surface area contributed by atoms with Crippen LogP contribution >= 0.6 is 12.6 Å². The van der Waals surface area contributed by atoms with E-state index in [1.54, 1.807) is 0 Å². The molecule has 178 valence electrons. The van der Waals surface area contributed by atoms with E-state index in [9.17, 15) is 19.2 Å². The molecule has 1 rings (SSSR count). The molecule has 0 aromatic rings. The Kier molecular flexibility index (Phi) is 11.9. The third kappa shape index (κ3) is 7.97.